The van der Waals surface area contributed by atoms with E-state index in [1.807, 2.05) is 34.9 Å². The summed E-state index contributed by atoms with van der Waals surface area (Å²) in [5, 5.41) is 2.95. The topological polar surface area (TPSA) is 46.9 Å². The molecule has 3 aromatic rings. The lowest BCUT2D eigenvalue weighted by Crippen LogP contribution is -2.26. The van der Waals surface area contributed by atoms with Gasteiger partial charge < -0.3 is 9.88 Å². The van der Waals surface area contributed by atoms with Crippen molar-refractivity contribution in [1.82, 2.24) is 14.9 Å². The molecule has 1 aromatic heterocycles. The van der Waals surface area contributed by atoms with Crippen molar-refractivity contribution < 1.29 is 9.18 Å². The number of carbonyl (C=O) groups excluding carboxylic acids is 1. The maximum atomic E-state index is 14.0. The maximum absolute atomic E-state index is 14.0. The molecule has 1 N–H and O–H groups in total. The molecule has 1 aliphatic carbocycles. The quantitative estimate of drug-likeness (QED) is 0.783. The molecule has 4 rings (SSSR count). The van der Waals surface area contributed by atoms with Crippen LogP contribution < -0.4 is 5.32 Å². The van der Waals surface area contributed by atoms with Gasteiger partial charge in [-0.25, -0.2) is 9.37 Å². The first kappa shape index (κ1) is 14.9. The Hall–Kier alpha value is -2.69. The van der Waals surface area contributed by atoms with Crippen molar-refractivity contribution in [3.63, 3.8) is 0 Å². The molecule has 1 amide bonds. The first-order valence-corrected chi connectivity index (χ1v) is 8.17. The molecular weight excluding hydrogens is 305 g/mol. The molecule has 0 spiro atoms. The molecule has 24 heavy (non-hydrogen) atoms. The van der Waals surface area contributed by atoms with Crippen LogP contribution in [0.4, 0.5) is 4.39 Å². The molecule has 122 valence electrons. The minimum atomic E-state index is -0.233. The number of hydrogen-bond donors (Lipinski definition) is 1. The Balaban J connectivity index is 1.67. The zero-order valence-corrected chi connectivity index (χ0v) is 13.2. The van der Waals surface area contributed by atoms with Gasteiger partial charge in [0.2, 0.25) is 5.91 Å². The van der Waals surface area contributed by atoms with E-state index < -0.39 is 0 Å². The van der Waals surface area contributed by atoms with E-state index in [0.717, 1.165) is 29.7 Å². The van der Waals surface area contributed by atoms with Gasteiger partial charge in [0, 0.05) is 11.5 Å². The second-order valence-electron chi connectivity index (χ2n) is 6.19. The van der Waals surface area contributed by atoms with E-state index in [-0.39, 0.29) is 17.6 Å². The second-order valence-corrected chi connectivity index (χ2v) is 6.19. The Bertz CT molecular complexity index is 899. The molecular formula is C19H18FN3O. The summed E-state index contributed by atoms with van der Waals surface area (Å²) in [6, 6.07) is 14.5. The van der Waals surface area contributed by atoms with Crippen LogP contribution in [0.15, 0.2) is 48.5 Å². The van der Waals surface area contributed by atoms with Gasteiger partial charge in [0.15, 0.2) is 0 Å². The van der Waals surface area contributed by atoms with Gasteiger partial charge in [0.05, 0.1) is 24.1 Å². The van der Waals surface area contributed by atoms with Crippen molar-refractivity contribution in [3.05, 3.63) is 65.7 Å². The Morgan fingerprint density at radius 1 is 1.17 bits per heavy atom. The number of halogens is 1. The van der Waals surface area contributed by atoms with Crippen molar-refractivity contribution in [2.75, 3.05) is 0 Å². The highest BCUT2D eigenvalue weighted by atomic mass is 19.1. The summed E-state index contributed by atoms with van der Waals surface area (Å²) < 4.78 is 16.0. The maximum Gasteiger partial charge on any atom is 0.223 e. The van der Waals surface area contributed by atoms with Crippen LogP contribution in [0, 0.1) is 11.7 Å². The molecule has 0 bridgehead atoms. The normalized spacial score (nSPS) is 14.0. The SMILES string of the molecule is O=C(NCc1nc2ccccc2n1Cc1ccccc1F)C1CC1. The molecule has 4 nitrogen and oxygen atoms in total. The largest absolute Gasteiger partial charge is 0.349 e. The average molecular weight is 323 g/mol. The number of para-hydroxylation sites is 2. The zero-order chi connectivity index (χ0) is 16.5. The van der Waals surface area contributed by atoms with Crippen LogP contribution in [-0.2, 0) is 17.9 Å². The number of aromatic nitrogens is 2. The summed E-state index contributed by atoms with van der Waals surface area (Å²) in [5.41, 5.74) is 2.40. The van der Waals surface area contributed by atoms with E-state index in [1.165, 1.54) is 6.07 Å². The van der Waals surface area contributed by atoms with Crippen LogP contribution in [-0.4, -0.2) is 15.5 Å². The number of nitrogens with zero attached hydrogens (tertiary/aromatic N) is 2. The summed E-state index contributed by atoms with van der Waals surface area (Å²) in [4.78, 5) is 16.5. The van der Waals surface area contributed by atoms with Crippen LogP contribution in [0.3, 0.4) is 0 Å². The van der Waals surface area contributed by atoms with Gasteiger partial charge in [-0.2, -0.15) is 0 Å². The number of amides is 1. The lowest BCUT2D eigenvalue weighted by Gasteiger charge is -2.11. The predicted molar refractivity (Wildman–Crippen MR) is 89.8 cm³/mol. The van der Waals surface area contributed by atoms with Crippen molar-refractivity contribution in [2.45, 2.75) is 25.9 Å². The highest BCUT2D eigenvalue weighted by Gasteiger charge is 2.29. The zero-order valence-electron chi connectivity index (χ0n) is 13.2. The average Bonchev–Trinajstić information content (AvgIpc) is 3.39. The lowest BCUT2D eigenvalue weighted by atomic mass is 10.2. The second kappa shape index (κ2) is 6.07. The van der Waals surface area contributed by atoms with E-state index in [1.54, 1.807) is 12.1 Å². The highest BCUT2D eigenvalue weighted by molar-refractivity contribution is 5.81. The number of rotatable bonds is 5. The Labute approximate surface area is 139 Å². The molecule has 0 saturated heterocycles. The van der Waals surface area contributed by atoms with Crippen molar-refractivity contribution in [2.24, 2.45) is 5.92 Å². The van der Waals surface area contributed by atoms with E-state index in [9.17, 15) is 9.18 Å². The van der Waals surface area contributed by atoms with Gasteiger partial charge in [0.1, 0.15) is 11.6 Å². The third-order valence-corrected chi connectivity index (χ3v) is 4.39. The van der Waals surface area contributed by atoms with Gasteiger partial charge in [-0.1, -0.05) is 30.3 Å². The van der Waals surface area contributed by atoms with Crippen LogP contribution in [0.25, 0.3) is 11.0 Å². The number of hydrogen-bond acceptors (Lipinski definition) is 2. The van der Waals surface area contributed by atoms with Gasteiger partial charge >= 0.3 is 0 Å². The summed E-state index contributed by atoms with van der Waals surface area (Å²) in [6.45, 7) is 0.750. The lowest BCUT2D eigenvalue weighted by molar-refractivity contribution is -0.122. The smallest absolute Gasteiger partial charge is 0.223 e. The van der Waals surface area contributed by atoms with Crippen molar-refractivity contribution in [3.8, 4) is 0 Å². The van der Waals surface area contributed by atoms with E-state index in [4.69, 9.17) is 0 Å². The summed E-state index contributed by atoms with van der Waals surface area (Å²) in [5.74, 6) is 0.755. The fraction of sp³-hybridized carbons (Fsp3) is 0.263. The molecule has 0 unspecified atom stereocenters. The summed E-state index contributed by atoms with van der Waals surface area (Å²) in [7, 11) is 0. The fourth-order valence-electron chi connectivity index (χ4n) is 2.89. The van der Waals surface area contributed by atoms with Crippen LogP contribution in [0.2, 0.25) is 0 Å². The van der Waals surface area contributed by atoms with Crippen LogP contribution in [0.1, 0.15) is 24.2 Å². The molecule has 1 saturated carbocycles. The van der Waals surface area contributed by atoms with Gasteiger partial charge in [-0.05, 0) is 31.0 Å². The molecule has 0 atom stereocenters. The molecule has 1 heterocycles. The third kappa shape index (κ3) is 2.89. The number of imidazole rings is 1. The predicted octanol–water partition coefficient (Wildman–Crippen LogP) is 3.25. The van der Waals surface area contributed by atoms with E-state index >= 15 is 0 Å². The first-order chi connectivity index (χ1) is 11.7. The summed E-state index contributed by atoms with van der Waals surface area (Å²) in [6.07, 6.45) is 1.94. The molecule has 1 fully saturated rings. The Kier molecular flexibility index (Phi) is 3.76. The van der Waals surface area contributed by atoms with Crippen LogP contribution >= 0.6 is 0 Å². The molecule has 2 aromatic carbocycles. The van der Waals surface area contributed by atoms with Crippen molar-refractivity contribution in [1.29, 1.82) is 0 Å². The minimum Gasteiger partial charge on any atom is -0.349 e. The Morgan fingerprint density at radius 2 is 1.92 bits per heavy atom. The number of nitrogens with one attached hydrogen (secondary N) is 1. The monoisotopic (exact) mass is 323 g/mol. The van der Waals surface area contributed by atoms with Gasteiger partial charge in [-0.15, -0.1) is 0 Å². The van der Waals surface area contributed by atoms with Gasteiger partial charge in [0.25, 0.3) is 0 Å². The molecule has 0 radical (unpaired) electrons. The number of benzene rings is 2. The Morgan fingerprint density at radius 3 is 2.71 bits per heavy atom. The van der Waals surface area contributed by atoms with E-state index in [2.05, 4.69) is 10.3 Å². The highest BCUT2D eigenvalue weighted by Crippen LogP contribution is 2.29. The summed E-state index contributed by atoms with van der Waals surface area (Å²) >= 11 is 0. The first-order valence-electron chi connectivity index (χ1n) is 8.17. The minimum absolute atomic E-state index is 0.0829. The standard InChI is InChI=1S/C19H18FN3O/c20-15-6-2-1-5-14(15)12-23-17-8-4-3-7-16(17)22-18(23)11-21-19(24)13-9-10-13/h1-8,13H,9-12H2,(H,21,24). The van der Waals surface area contributed by atoms with Gasteiger partial charge in [-0.3, -0.25) is 4.79 Å². The van der Waals surface area contributed by atoms with Crippen LogP contribution in [0.5, 0.6) is 0 Å². The fourth-order valence-corrected chi connectivity index (χ4v) is 2.89. The molecule has 1 aliphatic rings. The molecule has 5 heteroatoms. The number of carbonyl (C=O) groups is 1. The van der Waals surface area contributed by atoms with E-state index in [0.29, 0.717) is 18.7 Å². The third-order valence-electron chi connectivity index (χ3n) is 4.39. The molecule has 0 aliphatic heterocycles. The van der Waals surface area contributed by atoms with Crippen molar-refractivity contribution >= 4 is 16.9 Å². The number of fused-ring (bicyclic) bond motifs is 1.